The molecule has 1 amide bonds. The molecule has 0 radical (unpaired) electrons. The summed E-state index contributed by atoms with van der Waals surface area (Å²) in [6.45, 7) is 1.62. The molecule has 0 fully saturated rings. The van der Waals surface area contributed by atoms with Crippen LogP contribution in [0.15, 0.2) is 24.5 Å². The molecule has 0 spiro atoms. The lowest BCUT2D eigenvalue weighted by Crippen LogP contribution is -2.31. The Labute approximate surface area is 76.2 Å². The van der Waals surface area contributed by atoms with Gasteiger partial charge in [0, 0.05) is 12.4 Å². The average molecular weight is 175 g/mol. The van der Waals surface area contributed by atoms with Crippen LogP contribution in [0.1, 0.15) is 17.3 Å². The summed E-state index contributed by atoms with van der Waals surface area (Å²) >= 11 is 0. The van der Waals surface area contributed by atoms with Gasteiger partial charge in [-0.15, -0.1) is 0 Å². The van der Waals surface area contributed by atoms with Crippen LogP contribution in [0.3, 0.4) is 0 Å². The van der Waals surface area contributed by atoms with E-state index in [2.05, 4.69) is 10.3 Å². The quantitative estimate of drug-likeness (QED) is 0.720. The summed E-state index contributed by atoms with van der Waals surface area (Å²) in [5, 5.41) is 11.0. The maximum absolute atomic E-state index is 11.3. The van der Waals surface area contributed by atoms with Crippen LogP contribution in [0.25, 0.3) is 0 Å². The van der Waals surface area contributed by atoms with Gasteiger partial charge in [-0.2, -0.15) is 5.26 Å². The van der Waals surface area contributed by atoms with Crippen LogP contribution in [-0.4, -0.2) is 16.9 Å². The van der Waals surface area contributed by atoms with Crippen LogP contribution in [-0.2, 0) is 0 Å². The number of carbonyl (C=O) groups excluding carboxylic acids is 1. The number of nitriles is 1. The predicted molar refractivity (Wildman–Crippen MR) is 46.8 cm³/mol. The number of hydrogen-bond donors (Lipinski definition) is 1. The number of nitrogens with one attached hydrogen (secondary N) is 1. The van der Waals surface area contributed by atoms with Crippen LogP contribution in [0.4, 0.5) is 0 Å². The van der Waals surface area contributed by atoms with E-state index in [1.807, 2.05) is 6.07 Å². The lowest BCUT2D eigenvalue weighted by atomic mass is 10.2. The Kier molecular flexibility index (Phi) is 2.98. The summed E-state index contributed by atoms with van der Waals surface area (Å²) < 4.78 is 0. The molecular weight excluding hydrogens is 166 g/mol. The summed E-state index contributed by atoms with van der Waals surface area (Å²) in [4.78, 5) is 15.1. The van der Waals surface area contributed by atoms with E-state index in [0.717, 1.165) is 0 Å². The number of carbonyl (C=O) groups is 1. The largest absolute Gasteiger partial charge is 0.336 e. The van der Waals surface area contributed by atoms with E-state index < -0.39 is 6.04 Å². The molecular formula is C9H9N3O. The van der Waals surface area contributed by atoms with Gasteiger partial charge in [0.05, 0.1) is 11.6 Å². The molecule has 0 saturated carbocycles. The third kappa shape index (κ3) is 2.56. The Morgan fingerprint density at radius 2 is 2.54 bits per heavy atom. The first kappa shape index (κ1) is 9.20. The van der Waals surface area contributed by atoms with E-state index in [4.69, 9.17) is 5.26 Å². The Morgan fingerprint density at radius 3 is 3.08 bits per heavy atom. The van der Waals surface area contributed by atoms with Crippen molar-refractivity contribution in [3.63, 3.8) is 0 Å². The van der Waals surface area contributed by atoms with Crippen molar-refractivity contribution in [2.75, 3.05) is 0 Å². The molecule has 0 aliphatic carbocycles. The third-order valence-electron chi connectivity index (χ3n) is 1.46. The van der Waals surface area contributed by atoms with Crippen molar-refractivity contribution in [1.82, 2.24) is 10.3 Å². The number of nitrogens with zero attached hydrogens (tertiary/aromatic N) is 2. The van der Waals surface area contributed by atoms with E-state index in [9.17, 15) is 4.79 Å². The first-order valence-corrected chi connectivity index (χ1v) is 3.84. The van der Waals surface area contributed by atoms with Crippen molar-refractivity contribution in [3.05, 3.63) is 30.1 Å². The fourth-order valence-corrected chi connectivity index (χ4v) is 0.809. The van der Waals surface area contributed by atoms with Crippen molar-refractivity contribution < 1.29 is 4.79 Å². The van der Waals surface area contributed by atoms with Gasteiger partial charge in [-0.05, 0) is 19.1 Å². The smallest absolute Gasteiger partial charge is 0.253 e. The minimum absolute atomic E-state index is 0.276. The maximum Gasteiger partial charge on any atom is 0.253 e. The van der Waals surface area contributed by atoms with Crippen LogP contribution in [0, 0.1) is 11.3 Å². The van der Waals surface area contributed by atoms with Crippen molar-refractivity contribution in [2.24, 2.45) is 0 Å². The second-order valence-electron chi connectivity index (χ2n) is 2.57. The molecule has 1 atom stereocenters. The fourth-order valence-electron chi connectivity index (χ4n) is 0.809. The summed E-state index contributed by atoms with van der Waals surface area (Å²) in [6, 6.07) is 4.75. The van der Waals surface area contributed by atoms with Crippen LogP contribution in [0.2, 0.25) is 0 Å². The molecule has 1 N–H and O–H groups in total. The Hall–Kier alpha value is -1.89. The molecule has 1 aromatic rings. The van der Waals surface area contributed by atoms with E-state index in [1.165, 1.54) is 6.20 Å². The van der Waals surface area contributed by atoms with Crippen molar-refractivity contribution in [2.45, 2.75) is 13.0 Å². The number of aromatic nitrogens is 1. The number of rotatable bonds is 2. The van der Waals surface area contributed by atoms with Gasteiger partial charge in [-0.25, -0.2) is 0 Å². The Bertz CT molecular complexity index is 328. The highest BCUT2D eigenvalue weighted by atomic mass is 16.1. The molecule has 0 saturated heterocycles. The first-order chi connectivity index (χ1) is 6.24. The second-order valence-corrected chi connectivity index (χ2v) is 2.57. The topological polar surface area (TPSA) is 65.8 Å². The summed E-state index contributed by atoms with van der Waals surface area (Å²) in [5.74, 6) is -0.276. The van der Waals surface area contributed by atoms with Gasteiger partial charge in [0.2, 0.25) is 0 Å². The van der Waals surface area contributed by atoms with Gasteiger partial charge in [-0.3, -0.25) is 9.78 Å². The van der Waals surface area contributed by atoms with Gasteiger partial charge < -0.3 is 5.32 Å². The Balaban J connectivity index is 2.66. The number of amides is 1. The van der Waals surface area contributed by atoms with Gasteiger partial charge >= 0.3 is 0 Å². The molecule has 66 valence electrons. The van der Waals surface area contributed by atoms with Gasteiger partial charge in [-0.1, -0.05) is 0 Å². The SMILES string of the molecule is C[C@H](C#N)NC(=O)c1cccnc1. The standard InChI is InChI=1S/C9H9N3O/c1-7(5-10)12-9(13)8-3-2-4-11-6-8/h2-4,6-7H,1H3,(H,12,13)/t7-/m1/s1. The molecule has 0 aromatic carbocycles. The lowest BCUT2D eigenvalue weighted by molar-refractivity contribution is 0.0947. The van der Waals surface area contributed by atoms with Gasteiger partial charge in [0.1, 0.15) is 6.04 Å². The van der Waals surface area contributed by atoms with Crippen molar-refractivity contribution in [3.8, 4) is 6.07 Å². The van der Waals surface area contributed by atoms with Gasteiger partial charge in [0.25, 0.3) is 5.91 Å². The summed E-state index contributed by atoms with van der Waals surface area (Å²) in [5.41, 5.74) is 0.463. The number of pyridine rings is 1. The lowest BCUT2D eigenvalue weighted by Gasteiger charge is -2.04. The van der Waals surface area contributed by atoms with Crippen LogP contribution in [0.5, 0.6) is 0 Å². The van der Waals surface area contributed by atoms with Crippen LogP contribution < -0.4 is 5.32 Å². The van der Waals surface area contributed by atoms with E-state index in [-0.39, 0.29) is 5.91 Å². The number of hydrogen-bond acceptors (Lipinski definition) is 3. The molecule has 0 aliphatic heterocycles. The molecule has 1 rings (SSSR count). The highest BCUT2D eigenvalue weighted by Crippen LogP contribution is 1.95. The van der Waals surface area contributed by atoms with Crippen molar-refractivity contribution >= 4 is 5.91 Å². The highest BCUT2D eigenvalue weighted by Gasteiger charge is 2.07. The monoisotopic (exact) mass is 175 g/mol. The zero-order valence-electron chi connectivity index (χ0n) is 7.19. The molecule has 4 heteroatoms. The maximum atomic E-state index is 11.3. The molecule has 0 unspecified atom stereocenters. The minimum atomic E-state index is -0.479. The molecule has 1 heterocycles. The zero-order chi connectivity index (χ0) is 9.68. The fraction of sp³-hybridized carbons (Fsp3) is 0.222. The normalized spacial score (nSPS) is 11.4. The predicted octanol–water partition coefficient (Wildman–Crippen LogP) is 0.723. The third-order valence-corrected chi connectivity index (χ3v) is 1.46. The molecule has 0 aliphatic rings. The van der Waals surface area contributed by atoms with E-state index in [0.29, 0.717) is 5.56 Å². The molecule has 13 heavy (non-hydrogen) atoms. The van der Waals surface area contributed by atoms with E-state index >= 15 is 0 Å². The van der Waals surface area contributed by atoms with E-state index in [1.54, 1.807) is 25.3 Å². The van der Waals surface area contributed by atoms with Crippen molar-refractivity contribution in [1.29, 1.82) is 5.26 Å². The first-order valence-electron chi connectivity index (χ1n) is 3.84. The molecule has 4 nitrogen and oxygen atoms in total. The second kappa shape index (κ2) is 4.21. The zero-order valence-corrected chi connectivity index (χ0v) is 7.19. The Morgan fingerprint density at radius 1 is 1.77 bits per heavy atom. The minimum Gasteiger partial charge on any atom is -0.336 e. The summed E-state index contributed by atoms with van der Waals surface area (Å²) in [7, 11) is 0. The van der Waals surface area contributed by atoms with Gasteiger partial charge in [0.15, 0.2) is 0 Å². The highest BCUT2D eigenvalue weighted by molar-refractivity contribution is 5.94. The van der Waals surface area contributed by atoms with Crippen LogP contribution >= 0.6 is 0 Å². The molecule has 1 aromatic heterocycles. The average Bonchev–Trinajstić information content (AvgIpc) is 2.19. The molecule has 0 bridgehead atoms. The summed E-state index contributed by atoms with van der Waals surface area (Å²) in [6.07, 6.45) is 3.05.